The van der Waals surface area contributed by atoms with Gasteiger partial charge >= 0.3 is 0 Å². The summed E-state index contributed by atoms with van der Waals surface area (Å²) in [6.07, 6.45) is 0. The number of hydrogen-bond donors (Lipinski definition) is 2. The summed E-state index contributed by atoms with van der Waals surface area (Å²) in [5.74, 6) is 1.07. The van der Waals surface area contributed by atoms with Gasteiger partial charge in [0, 0.05) is 56.3 Å². The van der Waals surface area contributed by atoms with Crippen LogP contribution in [0.25, 0.3) is 21.3 Å². The Hall–Kier alpha value is -2.03. The van der Waals surface area contributed by atoms with Crippen molar-refractivity contribution >= 4 is 27.2 Å². The fourth-order valence-electron chi connectivity index (χ4n) is 4.22. The van der Waals surface area contributed by atoms with Crippen LogP contribution in [0, 0.1) is 0 Å². The second kappa shape index (κ2) is 8.99. The molecule has 0 radical (unpaired) electrons. The zero-order valence-electron chi connectivity index (χ0n) is 17.1. The largest absolute Gasteiger partial charge is 0.392 e. The third-order valence-corrected chi connectivity index (χ3v) is 6.97. The summed E-state index contributed by atoms with van der Waals surface area (Å²) in [7, 11) is 0. The lowest BCUT2D eigenvalue weighted by Crippen LogP contribution is -2.42. The minimum atomic E-state index is 0.0414. The molecule has 2 fully saturated rings. The highest BCUT2D eigenvalue weighted by Crippen LogP contribution is 2.37. The Kier molecular flexibility index (Phi) is 5.97. The van der Waals surface area contributed by atoms with E-state index in [1.807, 2.05) is 29.5 Å². The molecule has 5 rings (SSSR count). The summed E-state index contributed by atoms with van der Waals surface area (Å²) in [4.78, 5) is 11.4. The monoisotopic (exact) mass is 424 g/mol. The van der Waals surface area contributed by atoms with Crippen LogP contribution < -0.4 is 10.2 Å². The summed E-state index contributed by atoms with van der Waals surface area (Å²) in [5.41, 5.74) is 2.92. The molecule has 158 valence electrons. The van der Waals surface area contributed by atoms with Gasteiger partial charge in [-0.2, -0.15) is 0 Å². The normalized spacial score (nSPS) is 18.2. The fourth-order valence-corrected chi connectivity index (χ4v) is 5.42. The van der Waals surface area contributed by atoms with Crippen molar-refractivity contribution in [3.63, 3.8) is 0 Å². The first-order valence-electron chi connectivity index (χ1n) is 10.7. The van der Waals surface area contributed by atoms with Crippen molar-refractivity contribution in [2.24, 2.45) is 0 Å². The Morgan fingerprint density at radius 1 is 1.07 bits per heavy atom. The summed E-state index contributed by atoms with van der Waals surface area (Å²) >= 11 is 1.88. The van der Waals surface area contributed by atoms with E-state index in [1.54, 1.807) is 0 Å². The van der Waals surface area contributed by atoms with Gasteiger partial charge in [0.15, 0.2) is 0 Å². The lowest BCUT2D eigenvalue weighted by Gasteiger charge is -2.28. The highest BCUT2D eigenvalue weighted by molar-refractivity contribution is 7.19. The van der Waals surface area contributed by atoms with Gasteiger partial charge in [0.1, 0.15) is 5.82 Å². The maximum Gasteiger partial charge on any atom is 0.147 e. The third kappa shape index (κ3) is 4.22. The van der Waals surface area contributed by atoms with E-state index < -0.39 is 0 Å². The van der Waals surface area contributed by atoms with Gasteiger partial charge in [-0.3, -0.25) is 4.90 Å². The summed E-state index contributed by atoms with van der Waals surface area (Å²) in [6.45, 7) is 8.59. The van der Waals surface area contributed by atoms with Crippen molar-refractivity contribution in [1.29, 1.82) is 0 Å². The van der Waals surface area contributed by atoms with E-state index in [4.69, 9.17) is 9.72 Å². The standard InChI is InChI=1S/C23H28N4O2S/c28-16-17-2-1-3-18(12-17)21-14-19-13-20(15-26-6-4-24-5-7-26)30-22(19)23(25-21)27-8-10-29-11-9-27/h1-3,12-14,24,28H,4-11,15-16H2. The third-order valence-electron chi connectivity index (χ3n) is 5.84. The van der Waals surface area contributed by atoms with Crippen LogP contribution in [0.5, 0.6) is 0 Å². The Bertz CT molecular complexity index is 1010. The molecule has 2 aromatic heterocycles. The molecule has 2 aliphatic heterocycles. The maximum atomic E-state index is 9.55. The molecule has 0 unspecified atom stereocenters. The minimum Gasteiger partial charge on any atom is -0.392 e. The van der Waals surface area contributed by atoms with E-state index in [1.165, 1.54) is 15.0 Å². The highest BCUT2D eigenvalue weighted by atomic mass is 32.1. The number of fused-ring (bicyclic) bond motifs is 1. The number of ether oxygens (including phenoxy) is 1. The molecule has 2 aliphatic rings. The smallest absolute Gasteiger partial charge is 0.147 e. The number of aromatic nitrogens is 1. The van der Waals surface area contributed by atoms with Gasteiger partial charge in [0.25, 0.3) is 0 Å². The van der Waals surface area contributed by atoms with Gasteiger partial charge in [0.2, 0.25) is 0 Å². The molecule has 4 heterocycles. The van der Waals surface area contributed by atoms with Gasteiger partial charge < -0.3 is 20.1 Å². The van der Waals surface area contributed by atoms with Crippen LogP contribution in [0.15, 0.2) is 36.4 Å². The van der Waals surface area contributed by atoms with E-state index in [0.717, 1.165) is 81.7 Å². The first-order chi connectivity index (χ1) is 14.8. The number of benzene rings is 1. The molecule has 6 nitrogen and oxygen atoms in total. The molecule has 30 heavy (non-hydrogen) atoms. The fraction of sp³-hybridized carbons (Fsp3) is 0.435. The Balaban J connectivity index is 1.55. The van der Waals surface area contributed by atoms with Crippen LogP contribution in [0.3, 0.4) is 0 Å². The number of pyridine rings is 1. The lowest BCUT2D eigenvalue weighted by atomic mass is 10.1. The zero-order chi connectivity index (χ0) is 20.3. The number of hydrogen-bond acceptors (Lipinski definition) is 7. The topological polar surface area (TPSA) is 60.9 Å². The number of nitrogens with one attached hydrogen (secondary N) is 1. The molecule has 0 spiro atoms. The molecule has 2 saturated heterocycles. The van der Waals surface area contributed by atoms with Crippen molar-refractivity contribution < 1.29 is 9.84 Å². The Morgan fingerprint density at radius 3 is 2.70 bits per heavy atom. The number of nitrogens with zero attached hydrogens (tertiary/aromatic N) is 3. The predicted octanol–water partition coefficient (Wildman–Crippen LogP) is 2.70. The second-order valence-electron chi connectivity index (χ2n) is 7.95. The first kappa shape index (κ1) is 19.9. The number of anilines is 1. The first-order valence-corrected chi connectivity index (χ1v) is 11.5. The predicted molar refractivity (Wildman–Crippen MR) is 122 cm³/mol. The van der Waals surface area contributed by atoms with Crippen LogP contribution >= 0.6 is 11.3 Å². The maximum absolute atomic E-state index is 9.55. The molecule has 0 saturated carbocycles. The number of aliphatic hydroxyl groups excluding tert-OH is 1. The Labute approximate surface area is 181 Å². The van der Waals surface area contributed by atoms with Crippen molar-refractivity contribution in [3.8, 4) is 11.3 Å². The molecule has 3 aromatic rings. The van der Waals surface area contributed by atoms with Crippen molar-refractivity contribution in [3.05, 3.63) is 46.8 Å². The number of aliphatic hydroxyl groups is 1. The number of piperazine rings is 1. The minimum absolute atomic E-state index is 0.0414. The molecular formula is C23H28N4O2S. The van der Waals surface area contributed by atoms with E-state index in [0.29, 0.717) is 0 Å². The number of thiophene rings is 1. The van der Waals surface area contributed by atoms with E-state index in [2.05, 4.69) is 33.3 Å². The highest BCUT2D eigenvalue weighted by Gasteiger charge is 2.20. The van der Waals surface area contributed by atoms with Crippen molar-refractivity contribution in [1.82, 2.24) is 15.2 Å². The lowest BCUT2D eigenvalue weighted by molar-refractivity contribution is 0.122. The van der Waals surface area contributed by atoms with E-state index in [-0.39, 0.29) is 6.61 Å². The van der Waals surface area contributed by atoms with Crippen LogP contribution in [-0.2, 0) is 17.9 Å². The quantitative estimate of drug-likeness (QED) is 0.657. The molecule has 0 aliphatic carbocycles. The number of rotatable bonds is 5. The van der Waals surface area contributed by atoms with Gasteiger partial charge in [-0.15, -0.1) is 11.3 Å². The molecule has 7 heteroatoms. The van der Waals surface area contributed by atoms with Crippen LogP contribution in [-0.4, -0.2) is 67.5 Å². The number of morpholine rings is 1. The summed E-state index contributed by atoms with van der Waals surface area (Å²) in [5, 5.41) is 14.2. The summed E-state index contributed by atoms with van der Waals surface area (Å²) in [6, 6.07) is 12.6. The Morgan fingerprint density at radius 2 is 1.90 bits per heavy atom. The van der Waals surface area contributed by atoms with E-state index >= 15 is 0 Å². The van der Waals surface area contributed by atoms with Crippen LogP contribution in [0.4, 0.5) is 5.82 Å². The van der Waals surface area contributed by atoms with Crippen LogP contribution in [0.1, 0.15) is 10.4 Å². The molecular weight excluding hydrogens is 396 g/mol. The molecule has 0 atom stereocenters. The van der Waals surface area contributed by atoms with Gasteiger partial charge in [-0.05, 0) is 29.1 Å². The molecule has 0 amide bonds. The average Bonchev–Trinajstić information content (AvgIpc) is 3.22. The molecule has 1 aromatic carbocycles. The molecule has 2 N–H and O–H groups in total. The van der Waals surface area contributed by atoms with E-state index in [9.17, 15) is 5.11 Å². The molecule has 0 bridgehead atoms. The zero-order valence-corrected chi connectivity index (χ0v) is 18.0. The SMILES string of the molecule is OCc1cccc(-c2cc3cc(CN4CCNCC4)sc3c(N3CCOCC3)n2)c1. The van der Waals surface area contributed by atoms with Gasteiger partial charge in [-0.1, -0.05) is 18.2 Å². The van der Waals surface area contributed by atoms with Gasteiger partial charge in [-0.25, -0.2) is 4.98 Å². The average molecular weight is 425 g/mol. The van der Waals surface area contributed by atoms with Crippen molar-refractivity contribution in [2.45, 2.75) is 13.2 Å². The summed E-state index contributed by atoms with van der Waals surface area (Å²) < 4.78 is 6.85. The van der Waals surface area contributed by atoms with Gasteiger partial charge in [0.05, 0.1) is 30.2 Å². The van der Waals surface area contributed by atoms with Crippen LogP contribution in [0.2, 0.25) is 0 Å². The second-order valence-corrected chi connectivity index (χ2v) is 9.08. The van der Waals surface area contributed by atoms with Crippen molar-refractivity contribution in [2.75, 3.05) is 57.4 Å².